The van der Waals surface area contributed by atoms with Crippen LogP contribution in [0.25, 0.3) is 0 Å². The number of carbonyl (C=O) groups is 3. The Bertz CT molecular complexity index is 360. The zero-order valence-electron chi connectivity index (χ0n) is 11.6. The molecule has 0 bridgehead atoms. The monoisotopic (exact) mass is 272 g/mol. The minimum absolute atomic E-state index is 0.0792. The fraction of sp³-hybridized carbons (Fsp3) is 0.667. The molecule has 7 nitrogen and oxygen atoms in total. The van der Waals surface area contributed by atoms with Gasteiger partial charge in [0.15, 0.2) is 11.8 Å². The van der Waals surface area contributed by atoms with Crippen molar-refractivity contribution in [1.82, 2.24) is 5.32 Å². The van der Waals surface area contributed by atoms with Gasteiger partial charge in [-0.2, -0.15) is 0 Å². The lowest BCUT2D eigenvalue weighted by atomic mass is 10.1. The van der Waals surface area contributed by atoms with Crippen molar-refractivity contribution in [1.29, 1.82) is 0 Å². The Balaban J connectivity index is 4.89. The molecule has 0 aliphatic rings. The molecule has 0 fully saturated rings. The number of ether oxygens (including phenoxy) is 1. The second-order valence-corrected chi connectivity index (χ2v) is 4.39. The van der Waals surface area contributed by atoms with E-state index in [2.05, 4.69) is 15.2 Å². The number of oxime groups is 1. The molecule has 2 N–H and O–H groups in total. The summed E-state index contributed by atoms with van der Waals surface area (Å²) in [5, 5.41) is 13.9. The van der Waals surface area contributed by atoms with E-state index in [0.29, 0.717) is 0 Å². The molecule has 0 radical (unpaired) electrons. The van der Waals surface area contributed by atoms with E-state index in [9.17, 15) is 14.4 Å². The second-order valence-electron chi connectivity index (χ2n) is 4.39. The van der Waals surface area contributed by atoms with Crippen LogP contribution in [0.2, 0.25) is 0 Å². The normalized spacial score (nSPS) is 13.0. The standard InChI is InChI=1S/C12H20N2O5/c1-5-9(15)10(12(17)19-4)13-11(16)8(14-18)6-7(2)3/h7,10,18H,5-6H2,1-4H3,(H,13,16). The molecule has 0 aromatic heterocycles. The van der Waals surface area contributed by atoms with E-state index in [-0.39, 0.29) is 24.5 Å². The van der Waals surface area contributed by atoms with Crippen LogP contribution in [-0.2, 0) is 19.1 Å². The SMILES string of the molecule is CCC(=O)C(NC(=O)C(CC(C)C)=NO)C(=O)OC. The second kappa shape index (κ2) is 8.23. The van der Waals surface area contributed by atoms with Crippen molar-refractivity contribution < 1.29 is 24.3 Å². The molecular formula is C12H20N2O5. The van der Waals surface area contributed by atoms with Crippen molar-refractivity contribution in [3.8, 4) is 0 Å². The lowest BCUT2D eigenvalue weighted by Gasteiger charge is -2.15. The molecule has 0 saturated carbocycles. The Labute approximate surface area is 112 Å². The van der Waals surface area contributed by atoms with Crippen LogP contribution < -0.4 is 5.32 Å². The van der Waals surface area contributed by atoms with Crippen molar-refractivity contribution in [2.45, 2.75) is 39.7 Å². The summed E-state index contributed by atoms with van der Waals surface area (Å²) in [6.45, 7) is 5.25. The van der Waals surface area contributed by atoms with Gasteiger partial charge in [-0.15, -0.1) is 0 Å². The topological polar surface area (TPSA) is 105 Å². The fourth-order valence-electron chi connectivity index (χ4n) is 1.37. The maximum Gasteiger partial charge on any atom is 0.336 e. The van der Waals surface area contributed by atoms with Crippen molar-refractivity contribution in [3.63, 3.8) is 0 Å². The van der Waals surface area contributed by atoms with Crippen LogP contribution in [0.3, 0.4) is 0 Å². The van der Waals surface area contributed by atoms with Gasteiger partial charge in [-0.3, -0.25) is 9.59 Å². The number of nitrogens with one attached hydrogen (secondary N) is 1. The number of nitrogens with zero attached hydrogens (tertiary/aromatic N) is 1. The number of rotatable bonds is 7. The third kappa shape index (κ3) is 5.50. The Hall–Kier alpha value is -1.92. The Morgan fingerprint density at radius 2 is 1.89 bits per heavy atom. The molecule has 1 atom stereocenters. The van der Waals surface area contributed by atoms with Gasteiger partial charge in [0.25, 0.3) is 5.91 Å². The highest BCUT2D eigenvalue weighted by Gasteiger charge is 2.29. The van der Waals surface area contributed by atoms with Crippen LogP contribution in [0.5, 0.6) is 0 Å². The quantitative estimate of drug-likeness (QED) is 0.231. The summed E-state index contributed by atoms with van der Waals surface area (Å²) in [5.74, 6) is -1.98. The van der Waals surface area contributed by atoms with Crippen LogP contribution in [0, 0.1) is 5.92 Å². The van der Waals surface area contributed by atoms with E-state index in [1.807, 2.05) is 13.8 Å². The van der Waals surface area contributed by atoms with E-state index >= 15 is 0 Å². The molecule has 19 heavy (non-hydrogen) atoms. The average Bonchev–Trinajstić information content (AvgIpc) is 2.39. The molecule has 0 heterocycles. The number of hydrogen-bond acceptors (Lipinski definition) is 6. The lowest BCUT2D eigenvalue weighted by Crippen LogP contribution is -2.49. The molecular weight excluding hydrogens is 252 g/mol. The summed E-state index contributed by atoms with van der Waals surface area (Å²) < 4.78 is 4.45. The van der Waals surface area contributed by atoms with Gasteiger partial charge in [0, 0.05) is 12.8 Å². The Morgan fingerprint density at radius 1 is 1.32 bits per heavy atom. The molecule has 1 amide bonds. The van der Waals surface area contributed by atoms with Crippen LogP contribution in [0.15, 0.2) is 5.16 Å². The summed E-state index contributed by atoms with van der Waals surface area (Å²) in [6, 6.07) is -1.37. The summed E-state index contributed by atoms with van der Waals surface area (Å²) >= 11 is 0. The lowest BCUT2D eigenvalue weighted by molar-refractivity contribution is -0.148. The highest BCUT2D eigenvalue weighted by Crippen LogP contribution is 2.03. The van der Waals surface area contributed by atoms with E-state index < -0.39 is 23.7 Å². The molecule has 0 spiro atoms. The molecule has 0 aliphatic carbocycles. The van der Waals surface area contributed by atoms with Crippen LogP contribution in [0.4, 0.5) is 0 Å². The number of hydrogen-bond donors (Lipinski definition) is 2. The first kappa shape index (κ1) is 17.1. The summed E-state index contributed by atoms with van der Waals surface area (Å²) in [6.07, 6.45) is 0.312. The van der Waals surface area contributed by atoms with Crippen molar-refractivity contribution in [2.75, 3.05) is 7.11 Å². The highest BCUT2D eigenvalue weighted by molar-refractivity contribution is 6.39. The van der Waals surface area contributed by atoms with Crippen molar-refractivity contribution in [3.05, 3.63) is 0 Å². The number of carbonyl (C=O) groups excluding carboxylic acids is 3. The summed E-state index contributed by atoms with van der Waals surface area (Å²) in [5.41, 5.74) is -0.132. The number of ketones is 1. The van der Waals surface area contributed by atoms with Crippen LogP contribution in [-0.4, -0.2) is 41.7 Å². The molecule has 108 valence electrons. The zero-order valence-corrected chi connectivity index (χ0v) is 11.6. The molecule has 0 aliphatic heterocycles. The van der Waals surface area contributed by atoms with Crippen LogP contribution >= 0.6 is 0 Å². The number of esters is 1. The smallest absolute Gasteiger partial charge is 0.336 e. The van der Waals surface area contributed by atoms with Crippen molar-refractivity contribution in [2.24, 2.45) is 11.1 Å². The molecule has 0 saturated heterocycles. The predicted octanol–water partition coefficient (Wildman–Crippen LogP) is 0.500. The van der Waals surface area contributed by atoms with Gasteiger partial charge < -0.3 is 15.3 Å². The molecule has 0 rings (SSSR count). The molecule has 1 unspecified atom stereocenters. The highest BCUT2D eigenvalue weighted by atomic mass is 16.5. The van der Waals surface area contributed by atoms with Crippen molar-refractivity contribution >= 4 is 23.4 Å². The number of Topliss-reactive ketones (excluding diaryl/α,β-unsaturated/α-hetero) is 1. The Morgan fingerprint density at radius 3 is 2.26 bits per heavy atom. The zero-order chi connectivity index (χ0) is 15.0. The van der Waals surface area contributed by atoms with Gasteiger partial charge in [-0.1, -0.05) is 25.9 Å². The molecule has 0 aromatic rings. The maximum atomic E-state index is 11.8. The van der Waals surface area contributed by atoms with Gasteiger partial charge in [0.1, 0.15) is 5.71 Å². The number of methoxy groups -OCH3 is 1. The van der Waals surface area contributed by atoms with Crippen LogP contribution in [0.1, 0.15) is 33.6 Å². The molecule has 0 aromatic carbocycles. The van der Waals surface area contributed by atoms with E-state index in [1.54, 1.807) is 6.92 Å². The third-order valence-electron chi connectivity index (χ3n) is 2.37. The van der Waals surface area contributed by atoms with E-state index in [4.69, 9.17) is 5.21 Å². The molecule has 7 heteroatoms. The van der Waals surface area contributed by atoms with E-state index in [0.717, 1.165) is 7.11 Å². The minimum atomic E-state index is -1.37. The largest absolute Gasteiger partial charge is 0.467 e. The first-order chi connectivity index (χ1) is 8.87. The Kier molecular flexibility index (Phi) is 7.40. The number of amides is 1. The van der Waals surface area contributed by atoms with Gasteiger partial charge in [0.2, 0.25) is 0 Å². The van der Waals surface area contributed by atoms with Gasteiger partial charge in [-0.05, 0) is 5.92 Å². The van der Waals surface area contributed by atoms with Gasteiger partial charge >= 0.3 is 5.97 Å². The third-order valence-corrected chi connectivity index (χ3v) is 2.37. The first-order valence-electron chi connectivity index (χ1n) is 5.99. The first-order valence-corrected chi connectivity index (χ1v) is 5.99. The van der Waals surface area contributed by atoms with Gasteiger partial charge in [-0.25, -0.2) is 4.79 Å². The maximum absolute atomic E-state index is 11.8. The van der Waals surface area contributed by atoms with E-state index in [1.165, 1.54) is 0 Å². The summed E-state index contributed by atoms with van der Waals surface area (Å²) in [7, 11) is 1.12. The predicted molar refractivity (Wildman–Crippen MR) is 67.9 cm³/mol. The van der Waals surface area contributed by atoms with Gasteiger partial charge in [0.05, 0.1) is 7.11 Å². The summed E-state index contributed by atoms with van der Waals surface area (Å²) in [4.78, 5) is 34.8. The minimum Gasteiger partial charge on any atom is -0.467 e. The fourth-order valence-corrected chi connectivity index (χ4v) is 1.37. The average molecular weight is 272 g/mol.